The third-order valence-corrected chi connectivity index (χ3v) is 4.62. The Bertz CT molecular complexity index is 615. The van der Waals surface area contributed by atoms with Gasteiger partial charge >= 0.3 is 18.4 Å². The van der Waals surface area contributed by atoms with Crippen LogP contribution in [0.15, 0.2) is 29.2 Å². The SMILES string of the molecule is Cc1cccc(SN2CCN(C(=O)OC(C(F)(F)F)C(F)(F)F)CC2)c1. The van der Waals surface area contributed by atoms with Crippen LogP contribution >= 0.6 is 11.9 Å². The van der Waals surface area contributed by atoms with Crippen LogP contribution in [-0.4, -0.2) is 59.9 Å². The maximum atomic E-state index is 12.5. The molecular formula is C15H16F6N2O2S. The molecule has 0 radical (unpaired) electrons. The van der Waals surface area contributed by atoms with Crippen molar-refractivity contribution in [3.05, 3.63) is 29.8 Å². The Hall–Kier alpha value is -1.62. The Labute approximate surface area is 150 Å². The van der Waals surface area contributed by atoms with Crippen molar-refractivity contribution in [3.63, 3.8) is 0 Å². The first-order valence-corrected chi connectivity index (χ1v) is 8.33. The van der Waals surface area contributed by atoms with Gasteiger partial charge in [-0.15, -0.1) is 0 Å². The smallest absolute Gasteiger partial charge is 0.426 e. The Morgan fingerprint density at radius 2 is 1.65 bits per heavy atom. The number of carbonyl (C=O) groups excluding carboxylic acids is 1. The third-order valence-electron chi connectivity index (χ3n) is 3.53. The first-order chi connectivity index (χ1) is 12.0. The summed E-state index contributed by atoms with van der Waals surface area (Å²) in [6, 6.07) is 7.63. The highest BCUT2D eigenvalue weighted by atomic mass is 32.2. The van der Waals surface area contributed by atoms with E-state index >= 15 is 0 Å². The van der Waals surface area contributed by atoms with Crippen molar-refractivity contribution in [2.24, 2.45) is 0 Å². The van der Waals surface area contributed by atoms with E-state index in [-0.39, 0.29) is 26.2 Å². The molecule has 1 aliphatic rings. The van der Waals surface area contributed by atoms with Crippen LogP contribution in [0.2, 0.25) is 0 Å². The largest absolute Gasteiger partial charge is 0.434 e. The molecular weight excluding hydrogens is 386 g/mol. The number of benzene rings is 1. The molecule has 1 fully saturated rings. The van der Waals surface area contributed by atoms with Crippen molar-refractivity contribution < 1.29 is 35.9 Å². The van der Waals surface area contributed by atoms with Crippen LogP contribution < -0.4 is 0 Å². The third kappa shape index (κ3) is 5.70. The number of hydrogen-bond acceptors (Lipinski definition) is 4. The molecule has 1 aliphatic heterocycles. The zero-order valence-electron chi connectivity index (χ0n) is 13.6. The molecule has 1 heterocycles. The lowest BCUT2D eigenvalue weighted by Crippen LogP contribution is -2.51. The van der Waals surface area contributed by atoms with Crippen LogP contribution in [0.3, 0.4) is 0 Å². The number of hydrogen-bond donors (Lipinski definition) is 0. The van der Waals surface area contributed by atoms with Gasteiger partial charge in [0.1, 0.15) is 0 Å². The van der Waals surface area contributed by atoms with Crippen LogP contribution in [0.25, 0.3) is 0 Å². The molecule has 0 saturated carbocycles. The molecule has 0 atom stereocenters. The van der Waals surface area contributed by atoms with Gasteiger partial charge in [-0.05, 0) is 36.6 Å². The first-order valence-electron chi connectivity index (χ1n) is 7.55. The molecule has 0 unspecified atom stereocenters. The number of carbonyl (C=O) groups is 1. The van der Waals surface area contributed by atoms with Gasteiger partial charge < -0.3 is 9.64 Å². The second-order valence-electron chi connectivity index (χ2n) is 5.67. The second kappa shape index (κ2) is 7.95. The normalized spacial score (nSPS) is 16.8. The summed E-state index contributed by atoms with van der Waals surface area (Å²) in [6.07, 6.45) is -17.2. The molecule has 0 spiro atoms. The number of piperazine rings is 1. The zero-order chi connectivity index (χ0) is 19.5. The highest BCUT2D eigenvalue weighted by Gasteiger charge is 2.60. The van der Waals surface area contributed by atoms with Gasteiger partial charge in [-0.25, -0.2) is 9.10 Å². The van der Waals surface area contributed by atoms with Crippen LogP contribution in [0.4, 0.5) is 31.1 Å². The summed E-state index contributed by atoms with van der Waals surface area (Å²) in [5, 5.41) is 0. The summed E-state index contributed by atoms with van der Waals surface area (Å²) < 4.78 is 80.3. The number of amides is 1. The number of aryl methyl sites for hydroxylation is 1. The van der Waals surface area contributed by atoms with Gasteiger partial charge in [0, 0.05) is 31.1 Å². The quantitative estimate of drug-likeness (QED) is 0.559. The summed E-state index contributed by atoms with van der Waals surface area (Å²) in [5.41, 5.74) is 1.06. The van der Waals surface area contributed by atoms with Gasteiger partial charge in [0.05, 0.1) is 0 Å². The van der Waals surface area contributed by atoms with E-state index in [1.807, 2.05) is 35.5 Å². The van der Waals surface area contributed by atoms with E-state index in [9.17, 15) is 31.1 Å². The average molecular weight is 402 g/mol. The minimum absolute atomic E-state index is 0.0277. The lowest BCUT2D eigenvalue weighted by Gasteiger charge is -2.34. The molecule has 26 heavy (non-hydrogen) atoms. The lowest BCUT2D eigenvalue weighted by molar-refractivity contribution is -0.308. The highest BCUT2D eigenvalue weighted by molar-refractivity contribution is 7.97. The number of nitrogens with zero attached hydrogens (tertiary/aromatic N) is 2. The number of halogens is 6. The van der Waals surface area contributed by atoms with Crippen LogP contribution in [0.5, 0.6) is 0 Å². The second-order valence-corrected chi connectivity index (χ2v) is 6.84. The molecule has 2 rings (SSSR count). The maximum absolute atomic E-state index is 12.5. The van der Waals surface area contributed by atoms with Gasteiger partial charge in [0.2, 0.25) is 0 Å². The molecule has 0 aliphatic carbocycles. The average Bonchev–Trinajstić information content (AvgIpc) is 2.51. The fourth-order valence-corrected chi connectivity index (χ4v) is 3.30. The minimum Gasteiger partial charge on any atom is -0.426 e. The lowest BCUT2D eigenvalue weighted by atomic mass is 10.2. The van der Waals surface area contributed by atoms with Crippen molar-refractivity contribution >= 4 is 18.0 Å². The van der Waals surface area contributed by atoms with Crippen molar-refractivity contribution in [3.8, 4) is 0 Å². The summed E-state index contributed by atoms with van der Waals surface area (Å²) >= 11 is 1.41. The molecule has 1 aromatic rings. The predicted molar refractivity (Wildman–Crippen MR) is 82.6 cm³/mol. The van der Waals surface area contributed by atoms with Gasteiger partial charge in [-0.3, -0.25) is 0 Å². The topological polar surface area (TPSA) is 32.8 Å². The molecule has 0 aromatic heterocycles. The Morgan fingerprint density at radius 3 is 2.15 bits per heavy atom. The zero-order valence-corrected chi connectivity index (χ0v) is 14.4. The van der Waals surface area contributed by atoms with Gasteiger partial charge in [0.25, 0.3) is 6.10 Å². The Balaban J connectivity index is 1.89. The van der Waals surface area contributed by atoms with Crippen LogP contribution in [0, 0.1) is 6.92 Å². The Morgan fingerprint density at radius 1 is 1.08 bits per heavy atom. The predicted octanol–water partition coefficient (Wildman–Crippen LogP) is 4.25. The highest BCUT2D eigenvalue weighted by Crippen LogP contribution is 2.36. The minimum atomic E-state index is -5.71. The van der Waals surface area contributed by atoms with E-state index in [1.165, 1.54) is 11.9 Å². The van der Waals surface area contributed by atoms with Crippen LogP contribution in [-0.2, 0) is 4.74 Å². The molecule has 0 bridgehead atoms. The monoisotopic (exact) mass is 402 g/mol. The molecule has 1 saturated heterocycles. The fraction of sp³-hybridized carbons (Fsp3) is 0.533. The van der Waals surface area contributed by atoms with Crippen LogP contribution in [0.1, 0.15) is 5.56 Å². The Kier molecular flexibility index (Phi) is 6.33. The summed E-state index contributed by atoms with van der Waals surface area (Å²) in [6.45, 7) is 2.45. The van der Waals surface area contributed by atoms with Gasteiger partial charge in [0.15, 0.2) is 0 Å². The van der Waals surface area contributed by atoms with E-state index in [4.69, 9.17) is 0 Å². The standard InChI is InChI=1S/C15H16F6N2O2S/c1-10-3-2-4-11(9-10)26-23-7-5-22(6-8-23)13(24)25-12(14(16,17)18)15(19,20)21/h2-4,9,12H,5-8H2,1H3. The molecule has 1 amide bonds. The number of alkyl halides is 6. The first kappa shape index (κ1) is 20.7. The fourth-order valence-electron chi connectivity index (χ4n) is 2.28. The maximum Gasteiger partial charge on any atom is 0.434 e. The van der Waals surface area contributed by atoms with E-state index in [0.717, 1.165) is 15.4 Å². The molecule has 0 N–H and O–H groups in total. The summed E-state index contributed by atoms with van der Waals surface area (Å²) in [7, 11) is 0. The van der Waals surface area contributed by atoms with Crippen molar-refractivity contribution in [2.45, 2.75) is 30.3 Å². The summed E-state index contributed by atoms with van der Waals surface area (Å²) in [4.78, 5) is 13.5. The van der Waals surface area contributed by atoms with Gasteiger partial charge in [-0.2, -0.15) is 26.3 Å². The van der Waals surface area contributed by atoms with Crippen molar-refractivity contribution in [1.82, 2.24) is 9.21 Å². The summed E-state index contributed by atoms with van der Waals surface area (Å²) in [5.74, 6) is 0. The molecule has 1 aromatic carbocycles. The molecule has 11 heteroatoms. The van der Waals surface area contributed by atoms with E-state index in [1.54, 1.807) is 0 Å². The number of rotatable bonds is 3. The van der Waals surface area contributed by atoms with E-state index in [2.05, 4.69) is 4.74 Å². The number of ether oxygens (including phenoxy) is 1. The molecule has 4 nitrogen and oxygen atoms in total. The van der Waals surface area contributed by atoms with Crippen molar-refractivity contribution in [2.75, 3.05) is 26.2 Å². The van der Waals surface area contributed by atoms with E-state index < -0.39 is 24.5 Å². The van der Waals surface area contributed by atoms with Gasteiger partial charge in [-0.1, -0.05) is 12.1 Å². The molecule has 146 valence electrons. The van der Waals surface area contributed by atoms with Crippen molar-refractivity contribution in [1.29, 1.82) is 0 Å². The van der Waals surface area contributed by atoms with E-state index in [0.29, 0.717) is 0 Å².